The molecule has 3 N–H and O–H groups in total. The number of carbonyl (C=O) groups excluding carboxylic acids is 3. The molecule has 37 heavy (non-hydrogen) atoms. The lowest BCUT2D eigenvalue weighted by atomic mass is 9.62. The van der Waals surface area contributed by atoms with E-state index in [2.05, 4.69) is 10.6 Å². The molecule has 1 aromatic rings. The molecule has 0 aliphatic carbocycles. The Labute approximate surface area is 219 Å². The van der Waals surface area contributed by atoms with Crippen LogP contribution in [0.5, 0.6) is 5.75 Å². The summed E-state index contributed by atoms with van der Waals surface area (Å²) >= 11 is 0. The van der Waals surface area contributed by atoms with Gasteiger partial charge in [-0.15, -0.1) is 0 Å². The number of ether oxygens (including phenoxy) is 2. The summed E-state index contributed by atoms with van der Waals surface area (Å²) in [7, 11) is 1.57. The summed E-state index contributed by atoms with van der Waals surface area (Å²) in [6, 6.07) is 5.43. The normalized spacial score (nSPS) is 33.0. The van der Waals surface area contributed by atoms with Gasteiger partial charge in [0.25, 0.3) is 0 Å². The van der Waals surface area contributed by atoms with Gasteiger partial charge in [-0.1, -0.05) is 27.7 Å². The standard InChI is InChI=1S/C28H41N3O6/c1-7-12-29-24(33)21-22-26(35)31(19(15-32)13-16(2)3)23(28(22)14-17(4)27(21,5)37-28)25(34)30-18-8-10-20(36-6)11-9-18/h8-11,16-17,19,21-23,32H,7,12-15H2,1-6H3,(H,29,33)(H,30,34)/t17?,19-,21-,22+,23?,27+,28?/m1/s1. The van der Waals surface area contributed by atoms with Gasteiger partial charge in [-0.05, 0) is 62.3 Å². The number of methoxy groups -OCH3 is 1. The van der Waals surface area contributed by atoms with E-state index >= 15 is 0 Å². The number of amides is 3. The fraction of sp³-hybridized carbons (Fsp3) is 0.679. The van der Waals surface area contributed by atoms with Crippen LogP contribution in [0.3, 0.4) is 0 Å². The monoisotopic (exact) mass is 515 g/mol. The summed E-state index contributed by atoms with van der Waals surface area (Å²) in [5.41, 5.74) is -1.46. The third-order valence-electron chi connectivity index (χ3n) is 8.54. The molecule has 3 saturated heterocycles. The van der Waals surface area contributed by atoms with E-state index in [1.807, 2.05) is 34.6 Å². The number of anilines is 1. The number of hydrogen-bond donors (Lipinski definition) is 3. The van der Waals surface area contributed by atoms with Gasteiger partial charge in [0.2, 0.25) is 17.7 Å². The average Bonchev–Trinajstić information content (AvgIpc) is 3.38. The van der Waals surface area contributed by atoms with Crippen LogP contribution in [-0.4, -0.2) is 71.3 Å². The van der Waals surface area contributed by atoms with Gasteiger partial charge < -0.3 is 30.1 Å². The minimum absolute atomic E-state index is 0.0390. The highest BCUT2D eigenvalue weighted by molar-refractivity contribution is 6.04. The van der Waals surface area contributed by atoms with Gasteiger partial charge in [-0.3, -0.25) is 14.4 Å². The van der Waals surface area contributed by atoms with Crippen molar-refractivity contribution < 1.29 is 29.0 Å². The van der Waals surface area contributed by atoms with Gasteiger partial charge in [0.1, 0.15) is 17.4 Å². The number of likely N-dealkylation sites (tertiary alicyclic amines) is 1. The van der Waals surface area contributed by atoms with Crippen molar-refractivity contribution in [1.29, 1.82) is 0 Å². The number of carbonyl (C=O) groups is 3. The van der Waals surface area contributed by atoms with Crippen molar-refractivity contribution in [3.05, 3.63) is 24.3 Å². The largest absolute Gasteiger partial charge is 0.497 e. The molecular formula is C28H41N3O6. The second-order valence-corrected chi connectivity index (χ2v) is 11.4. The highest BCUT2D eigenvalue weighted by atomic mass is 16.5. The Kier molecular flexibility index (Phi) is 7.59. The average molecular weight is 516 g/mol. The number of nitrogens with zero attached hydrogens (tertiary/aromatic N) is 1. The zero-order chi connectivity index (χ0) is 27.1. The molecule has 3 aliphatic heterocycles. The summed E-state index contributed by atoms with van der Waals surface area (Å²) in [6.45, 7) is 10.2. The molecular weight excluding hydrogens is 474 g/mol. The highest BCUT2D eigenvalue weighted by Gasteiger charge is 2.80. The van der Waals surface area contributed by atoms with Crippen LogP contribution >= 0.6 is 0 Å². The maximum absolute atomic E-state index is 14.2. The number of aliphatic hydroxyl groups excluding tert-OH is 1. The quantitative estimate of drug-likeness (QED) is 0.441. The van der Waals surface area contributed by atoms with E-state index in [1.54, 1.807) is 31.4 Å². The Bertz CT molecular complexity index is 1030. The molecule has 3 fully saturated rings. The molecule has 3 amide bonds. The number of rotatable bonds is 10. The van der Waals surface area contributed by atoms with Gasteiger partial charge in [-0.2, -0.15) is 0 Å². The zero-order valence-electron chi connectivity index (χ0n) is 22.7. The van der Waals surface area contributed by atoms with Crippen LogP contribution in [0.25, 0.3) is 0 Å². The highest BCUT2D eigenvalue weighted by Crippen LogP contribution is 2.65. The predicted octanol–water partition coefficient (Wildman–Crippen LogP) is 2.58. The molecule has 9 heteroatoms. The minimum Gasteiger partial charge on any atom is -0.497 e. The molecule has 204 valence electrons. The lowest BCUT2D eigenvalue weighted by Gasteiger charge is -2.37. The first-order valence-electron chi connectivity index (χ1n) is 13.4. The Morgan fingerprint density at radius 1 is 1.24 bits per heavy atom. The van der Waals surface area contributed by atoms with Crippen LogP contribution in [-0.2, 0) is 19.1 Å². The molecule has 3 aliphatic rings. The third kappa shape index (κ3) is 4.40. The third-order valence-corrected chi connectivity index (χ3v) is 8.54. The van der Waals surface area contributed by atoms with E-state index in [0.29, 0.717) is 30.8 Å². The Hall–Kier alpha value is -2.65. The predicted molar refractivity (Wildman–Crippen MR) is 139 cm³/mol. The molecule has 1 spiro atoms. The Morgan fingerprint density at radius 2 is 1.92 bits per heavy atom. The number of fused-ring (bicyclic) bond motifs is 1. The zero-order valence-corrected chi connectivity index (χ0v) is 22.7. The van der Waals surface area contributed by atoms with Crippen molar-refractivity contribution in [2.24, 2.45) is 23.7 Å². The SMILES string of the molecule is CCCNC(=O)[C@H]1[C@H]2C(=O)N([C@@H](CO)CC(C)C)C(C(=O)Nc3ccc(OC)cc3)C23CC(C)[C@]1(C)O3. The topological polar surface area (TPSA) is 117 Å². The van der Waals surface area contributed by atoms with Crippen LogP contribution in [0.2, 0.25) is 0 Å². The molecule has 7 atom stereocenters. The van der Waals surface area contributed by atoms with Gasteiger partial charge >= 0.3 is 0 Å². The lowest BCUT2D eigenvalue weighted by Crippen LogP contribution is -2.56. The van der Waals surface area contributed by atoms with Crippen LogP contribution < -0.4 is 15.4 Å². The van der Waals surface area contributed by atoms with Crippen molar-refractivity contribution >= 4 is 23.4 Å². The van der Waals surface area contributed by atoms with Crippen molar-refractivity contribution in [3.8, 4) is 5.75 Å². The summed E-state index contributed by atoms with van der Waals surface area (Å²) in [5, 5.41) is 16.3. The number of aliphatic hydroxyl groups is 1. The van der Waals surface area contributed by atoms with Crippen LogP contribution in [0.1, 0.15) is 53.9 Å². The van der Waals surface area contributed by atoms with E-state index < -0.39 is 35.1 Å². The first-order chi connectivity index (χ1) is 17.5. The first kappa shape index (κ1) is 27.4. The van der Waals surface area contributed by atoms with Crippen molar-refractivity contribution in [3.63, 3.8) is 0 Å². The van der Waals surface area contributed by atoms with Gasteiger partial charge in [0.05, 0.1) is 37.2 Å². The van der Waals surface area contributed by atoms with Crippen LogP contribution in [0.4, 0.5) is 5.69 Å². The Balaban J connectivity index is 1.77. The maximum atomic E-state index is 14.2. The summed E-state index contributed by atoms with van der Waals surface area (Å²) in [4.78, 5) is 43.2. The van der Waals surface area contributed by atoms with E-state index in [4.69, 9.17) is 9.47 Å². The molecule has 3 heterocycles. The molecule has 0 aromatic heterocycles. The molecule has 9 nitrogen and oxygen atoms in total. The molecule has 0 saturated carbocycles. The molecule has 1 aromatic carbocycles. The lowest BCUT2D eigenvalue weighted by molar-refractivity contribution is -0.149. The minimum atomic E-state index is -1.15. The molecule has 4 rings (SSSR count). The van der Waals surface area contributed by atoms with Crippen LogP contribution in [0.15, 0.2) is 24.3 Å². The van der Waals surface area contributed by atoms with E-state index in [9.17, 15) is 19.5 Å². The maximum Gasteiger partial charge on any atom is 0.250 e. The molecule has 2 bridgehead atoms. The second kappa shape index (κ2) is 10.3. The van der Waals surface area contributed by atoms with Gasteiger partial charge in [0, 0.05) is 12.2 Å². The fourth-order valence-corrected chi connectivity index (χ4v) is 6.83. The van der Waals surface area contributed by atoms with Crippen molar-refractivity contribution in [1.82, 2.24) is 10.2 Å². The first-order valence-corrected chi connectivity index (χ1v) is 13.4. The second-order valence-electron chi connectivity index (χ2n) is 11.4. The number of nitrogens with one attached hydrogen (secondary N) is 2. The smallest absolute Gasteiger partial charge is 0.250 e. The summed E-state index contributed by atoms with van der Waals surface area (Å²) in [6.07, 6.45) is 1.78. The number of hydrogen-bond acceptors (Lipinski definition) is 6. The summed E-state index contributed by atoms with van der Waals surface area (Å²) < 4.78 is 11.9. The van der Waals surface area contributed by atoms with Gasteiger partial charge in [-0.25, -0.2) is 0 Å². The Morgan fingerprint density at radius 3 is 2.49 bits per heavy atom. The van der Waals surface area contributed by atoms with Crippen LogP contribution in [0, 0.1) is 23.7 Å². The van der Waals surface area contributed by atoms with E-state index in [0.717, 1.165) is 6.42 Å². The van der Waals surface area contributed by atoms with Crippen molar-refractivity contribution in [2.75, 3.05) is 25.6 Å². The molecule has 0 radical (unpaired) electrons. The number of benzene rings is 1. The van der Waals surface area contributed by atoms with Gasteiger partial charge in [0.15, 0.2) is 0 Å². The van der Waals surface area contributed by atoms with E-state index in [-0.39, 0.29) is 36.2 Å². The molecule has 3 unspecified atom stereocenters. The van der Waals surface area contributed by atoms with Crippen molar-refractivity contribution in [2.45, 2.75) is 77.2 Å². The summed E-state index contributed by atoms with van der Waals surface area (Å²) in [5.74, 6) is -1.58. The van der Waals surface area contributed by atoms with E-state index in [1.165, 1.54) is 4.90 Å². The fourth-order valence-electron chi connectivity index (χ4n) is 6.83.